The van der Waals surface area contributed by atoms with Crippen molar-refractivity contribution in [2.45, 2.75) is 6.42 Å². The van der Waals surface area contributed by atoms with Crippen LogP contribution < -0.4 is 14.8 Å². The van der Waals surface area contributed by atoms with Crippen molar-refractivity contribution < 1.29 is 23.8 Å². The Morgan fingerprint density at radius 2 is 2.04 bits per heavy atom. The predicted molar refractivity (Wildman–Crippen MR) is 95.9 cm³/mol. The van der Waals surface area contributed by atoms with Crippen molar-refractivity contribution in [1.82, 2.24) is 4.98 Å². The van der Waals surface area contributed by atoms with Crippen LogP contribution in [0, 0.1) is 0 Å². The summed E-state index contributed by atoms with van der Waals surface area (Å²) in [6.45, 7) is 0.199. The van der Waals surface area contributed by atoms with Crippen LogP contribution in [0.15, 0.2) is 36.4 Å². The fraction of sp³-hybridized carbons (Fsp3) is 0.167. The van der Waals surface area contributed by atoms with E-state index in [0.29, 0.717) is 27.7 Å². The molecule has 0 fully saturated rings. The smallest absolute Gasteiger partial charge is 0.337 e. The molecule has 0 spiro atoms. The van der Waals surface area contributed by atoms with E-state index in [9.17, 15) is 9.59 Å². The van der Waals surface area contributed by atoms with E-state index in [4.69, 9.17) is 14.2 Å². The number of fused-ring (bicyclic) bond motifs is 2. The van der Waals surface area contributed by atoms with E-state index in [2.05, 4.69) is 10.3 Å². The molecule has 1 aliphatic heterocycles. The standard InChI is InChI=1S/C18H14N2O5S/c1-23-17(22)11-3-4-12-15(8-11)26-18(19-12)20-16(21)7-10-2-5-13-14(6-10)25-9-24-13/h2-6,8H,7,9H2,1H3,(H,19,20,21). The van der Waals surface area contributed by atoms with Crippen LogP contribution in [-0.2, 0) is 16.0 Å². The lowest BCUT2D eigenvalue weighted by molar-refractivity contribution is -0.115. The molecule has 2 heterocycles. The highest BCUT2D eigenvalue weighted by Gasteiger charge is 2.15. The van der Waals surface area contributed by atoms with Gasteiger partial charge < -0.3 is 19.5 Å². The third-order valence-electron chi connectivity index (χ3n) is 3.86. The number of ether oxygens (including phenoxy) is 3. The highest BCUT2D eigenvalue weighted by Crippen LogP contribution is 2.33. The molecule has 0 bridgehead atoms. The molecular weight excluding hydrogens is 356 g/mol. The number of carbonyl (C=O) groups excluding carboxylic acids is 2. The quantitative estimate of drug-likeness (QED) is 0.711. The van der Waals surface area contributed by atoms with Gasteiger partial charge in [-0.05, 0) is 35.9 Å². The van der Waals surface area contributed by atoms with Crippen LogP contribution in [0.25, 0.3) is 10.2 Å². The molecule has 0 saturated carbocycles. The van der Waals surface area contributed by atoms with E-state index < -0.39 is 5.97 Å². The van der Waals surface area contributed by atoms with Gasteiger partial charge in [0.1, 0.15) is 0 Å². The van der Waals surface area contributed by atoms with Crippen molar-refractivity contribution in [3.8, 4) is 11.5 Å². The van der Waals surface area contributed by atoms with E-state index >= 15 is 0 Å². The number of esters is 1. The van der Waals surface area contributed by atoms with Crippen LogP contribution >= 0.6 is 11.3 Å². The largest absolute Gasteiger partial charge is 0.465 e. The monoisotopic (exact) mass is 370 g/mol. The molecule has 1 N–H and O–H groups in total. The molecule has 0 unspecified atom stereocenters. The van der Waals surface area contributed by atoms with Crippen LogP contribution in [0.3, 0.4) is 0 Å². The zero-order chi connectivity index (χ0) is 18.1. The molecule has 7 nitrogen and oxygen atoms in total. The maximum absolute atomic E-state index is 12.3. The number of carbonyl (C=O) groups is 2. The maximum Gasteiger partial charge on any atom is 0.337 e. The van der Waals surface area contributed by atoms with E-state index in [1.807, 2.05) is 6.07 Å². The van der Waals surface area contributed by atoms with E-state index in [0.717, 1.165) is 10.3 Å². The number of benzene rings is 2. The van der Waals surface area contributed by atoms with Crippen molar-refractivity contribution in [2.75, 3.05) is 19.2 Å². The minimum atomic E-state index is -0.409. The number of hydrogen-bond donors (Lipinski definition) is 1. The van der Waals surface area contributed by atoms with Crippen LogP contribution in [0.2, 0.25) is 0 Å². The maximum atomic E-state index is 12.3. The highest BCUT2D eigenvalue weighted by atomic mass is 32.1. The summed E-state index contributed by atoms with van der Waals surface area (Å²) in [7, 11) is 1.33. The second-order valence-corrected chi connectivity index (χ2v) is 6.64. The van der Waals surface area contributed by atoms with Crippen LogP contribution in [0.4, 0.5) is 5.13 Å². The molecule has 132 valence electrons. The molecule has 0 atom stereocenters. The van der Waals surface area contributed by atoms with Crippen LogP contribution in [0.1, 0.15) is 15.9 Å². The fourth-order valence-corrected chi connectivity index (χ4v) is 3.54. The van der Waals surface area contributed by atoms with Gasteiger partial charge in [0.2, 0.25) is 12.7 Å². The molecular formula is C18H14N2O5S. The van der Waals surface area contributed by atoms with Crippen molar-refractivity contribution in [3.63, 3.8) is 0 Å². The minimum Gasteiger partial charge on any atom is -0.465 e. The summed E-state index contributed by atoms with van der Waals surface area (Å²) in [6, 6.07) is 10.5. The third-order valence-corrected chi connectivity index (χ3v) is 4.79. The zero-order valence-corrected chi connectivity index (χ0v) is 14.6. The lowest BCUT2D eigenvalue weighted by Crippen LogP contribution is -2.14. The number of nitrogens with one attached hydrogen (secondary N) is 1. The Bertz CT molecular complexity index is 1010. The van der Waals surface area contributed by atoms with Gasteiger partial charge in [0.05, 0.1) is 29.3 Å². The molecule has 2 aromatic carbocycles. The van der Waals surface area contributed by atoms with E-state index in [1.54, 1.807) is 30.3 Å². The van der Waals surface area contributed by atoms with Gasteiger partial charge in [-0.2, -0.15) is 0 Å². The van der Waals surface area contributed by atoms with Crippen LogP contribution in [-0.4, -0.2) is 30.8 Å². The van der Waals surface area contributed by atoms with E-state index in [1.165, 1.54) is 18.4 Å². The van der Waals surface area contributed by atoms with Gasteiger partial charge in [-0.25, -0.2) is 9.78 Å². The summed E-state index contributed by atoms with van der Waals surface area (Å²) >= 11 is 1.30. The topological polar surface area (TPSA) is 86.8 Å². The first-order valence-corrected chi connectivity index (χ1v) is 8.61. The number of aromatic nitrogens is 1. The number of methoxy groups -OCH3 is 1. The zero-order valence-electron chi connectivity index (χ0n) is 13.8. The van der Waals surface area contributed by atoms with Gasteiger partial charge in [-0.1, -0.05) is 17.4 Å². The Hall–Kier alpha value is -3.13. The van der Waals surface area contributed by atoms with Crippen molar-refractivity contribution in [2.24, 2.45) is 0 Å². The molecule has 1 amide bonds. The average molecular weight is 370 g/mol. The van der Waals surface area contributed by atoms with Gasteiger partial charge in [0, 0.05) is 0 Å². The number of hydrogen-bond acceptors (Lipinski definition) is 7. The number of thiazole rings is 1. The molecule has 26 heavy (non-hydrogen) atoms. The molecule has 1 aliphatic rings. The second kappa shape index (κ2) is 6.64. The highest BCUT2D eigenvalue weighted by molar-refractivity contribution is 7.22. The van der Waals surface area contributed by atoms with Crippen LogP contribution in [0.5, 0.6) is 11.5 Å². The van der Waals surface area contributed by atoms with Gasteiger partial charge >= 0.3 is 5.97 Å². The Morgan fingerprint density at radius 3 is 2.88 bits per heavy atom. The summed E-state index contributed by atoms with van der Waals surface area (Å²) in [5.74, 6) is 0.733. The lowest BCUT2D eigenvalue weighted by Gasteiger charge is -2.03. The SMILES string of the molecule is COC(=O)c1ccc2nc(NC(=O)Cc3ccc4c(c3)OCO4)sc2c1. The number of anilines is 1. The summed E-state index contributed by atoms with van der Waals surface area (Å²) in [5, 5.41) is 3.27. The fourth-order valence-electron chi connectivity index (χ4n) is 2.62. The number of nitrogens with zero attached hydrogens (tertiary/aromatic N) is 1. The Kier molecular flexibility index (Phi) is 4.18. The summed E-state index contributed by atoms with van der Waals surface area (Å²) in [5.41, 5.74) is 1.98. The Labute approximate surface area is 152 Å². The van der Waals surface area contributed by atoms with Gasteiger partial charge in [-0.3, -0.25) is 4.79 Å². The lowest BCUT2D eigenvalue weighted by atomic mass is 10.1. The normalized spacial score (nSPS) is 12.2. The molecule has 1 aromatic heterocycles. The Balaban J connectivity index is 1.48. The molecule has 4 rings (SSSR count). The number of rotatable bonds is 4. The van der Waals surface area contributed by atoms with Crippen molar-refractivity contribution >= 4 is 38.6 Å². The summed E-state index contributed by atoms with van der Waals surface area (Å²) in [6.07, 6.45) is 0.194. The first-order chi connectivity index (χ1) is 12.6. The molecule has 3 aromatic rings. The predicted octanol–water partition coefficient (Wildman–Crippen LogP) is 2.99. The molecule has 0 aliphatic carbocycles. The summed E-state index contributed by atoms with van der Waals surface area (Å²) < 4.78 is 16.1. The van der Waals surface area contributed by atoms with Crippen molar-refractivity contribution in [3.05, 3.63) is 47.5 Å². The molecule has 0 radical (unpaired) electrons. The summed E-state index contributed by atoms with van der Waals surface area (Å²) in [4.78, 5) is 28.3. The van der Waals surface area contributed by atoms with E-state index in [-0.39, 0.29) is 19.1 Å². The number of amides is 1. The third kappa shape index (κ3) is 3.18. The van der Waals surface area contributed by atoms with Crippen molar-refractivity contribution in [1.29, 1.82) is 0 Å². The minimum absolute atomic E-state index is 0.184. The molecule has 0 saturated heterocycles. The van der Waals surface area contributed by atoms with Gasteiger partial charge in [0.15, 0.2) is 16.6 Å². The second-order valence-electron chi connectivity index (χ2n) is 5.61. The first kappa shape index (κ1) is 16.3. The average Bonchev–Trinajstić information content (AvgIpc) is 3.25. The van der Waals surface area contributed by atoms with Gasteiger partial charge in [0.25, 0.3) is 0 Å². The Morgan fingerprint density at radius 1 is 1.19 bits per heavy atom. The molecule has 8 heteroatoms. The van der Waals surface area contributed by atoms with Gasteiger partial charge in [-0.15, -0.1) is 0 Å². The first-order valence-electron chi connectivity index (χ1n) is 7.79.